The van der Waals surface area contributed by atoms with Crippen molar-refractivity contribution < 1.29 is 0 Å². The number of rotatable bonds is 6. The molecule has 0 unspecified atom stereocenters. The Labute approximate surface area is 165 Å². The summed E-state index contributed by atoms with van der Waals surface area (Å²) in [5.74, 6) is 2.63. The van der Waals surface area contributed by atoms with Crippen LogP contribution in [0.1, 0.15) is 12.2 Å². The summed E-state index contributed by atoms with van der Waals surface area (Å²) in [7, 11) is 0. The van der Waals surface area contributed by atoms with Gasteiger partial charge in [-0.3, -0.25) is 0 Å². The van der Waals surface area contributed by atoms with Crippen molar-refractivity contribution in [2.24, 2.45) is 0 Å². The van der Waals surface area contributed by atoms with Crippen LogP contribution in [0.2, 0.25) is 0 Å². The average Bonchev–Trinajstić information content (AvgIpc) is 3.43. The summed E-state index contributed by atoms with van der Waals surface area (Å²) in [6.45, 7) is 3.79. The molecule has 0 aliphatic heterocycles. The van der Waals surface area contributed by atoms with Crippen molar-refractivity contribution in [2.45, 2.75) is 19.9 Å². The standard InChI is InChI=1S/C20H19N7S/c1-14-22-16-5-2-3-6-17(16)26(14)11-4-10-21-18-7-8-19-23-24-20(27(19)25-18)15-9-12-28-13-15/h2-3,5-9,12-13H,4,10-11H2,1H3,(H,21,25). The summed E-state index contributed by atoms with van der Waals surface area (Å²) < 4.78 is 4.06. The molecule has 5 rings (SSSR count). The minimum absolute atomic E-state index is 0.743. The van der Waals surface area contributed by atoms with Crippen LogP contribution in [0.5, 0.6) is 0 Å². The third-order valence-electron chi connectivity index (χ3n) is 4.75. The molecule has 7 nitrogen and oxygen atoms in total. The van der Waals surface area contributed by atoms with Crippen LogP contribution in [0.4, 0.5) is 5.82 Å². The van der Waals surface area contributed by atoms with Crippen LogP contribution in [0.15, 0.2) is 53.2 Å². The van der Waals surface area contributed by atoms with Gasteiger partial charge in [0.2, 0.25) is 0 Å². The van der Waals surface area contributed by atoms with Gasteiger partial charge in [0.1, 0.15) is 11.6 Å². The number of benzene rings is 1. The highest BCUT2D eigenvalue weighted by atomic mass is 32.1. The molecule has 0 radical (unpaired) electrons. The number of para-hydroxylation sites is 2. The van der Waals surface area contributed by atoms with Gasteiger partial charge in [-0.2, -0.15) is 15.9 Å². The van der Waals surface area contributed by atoms with Gasteiger partial charge in [0.05, 0.1) is 11.0 Å². The Bertz CT molecular complexity index is 1240. The van der Waals surface area contributed by atoms with E-state index in [1.807, 2.05) is 29.6 Å². The topological polar surface area (TPSA) is 72.9 Å². The number of aryl methyl sites for hydroxylation is 2. The molecule has 5 aromatic rings. The molecule has 4 aromatic heterocycles. The lowest BCUT2D eigenvalue weighted by Crippen LogP contribution is -2.10. The van der Waals surface area contributed by atoms with Gasteiger partial charge in [0.15, 0.2) is 11.5 Å². The van der Waals surface area contributed by atoms with Gasteiger partial charge < -0.3 is 9.88 Å². The Hall–Kier alpha value is -3.26. The first-order valence-corrected chi connectivity index (χ1v) is 10.1. The SMILES string of the molecule is Cc1nc2ccccc2n1CCCNc1ccc2nnc(-c3ccsc3)n2n1. The van der Waals surface area contributed by atoms with Gasteiger partial charge in [-0.15, -0.1) is 15.3 Å². The first-order chi connectivity index (χ1) is 13.8. The second-order valence-corrected chi connectivity index (χ2v) is 7.38. The minimum Gasteiger partial charge on any atom is -0.369 e. The Kier molecular flexibility index (Phi) is 4.25. The fourth-order valence-electron chi connectivity index (χ4n) is 3.39. The summed E-state index contributed by atoms with van der Waals surface area (Å²) >= 11 is 1.64. The first kappa shape index (κ1) is 16.9. The lowest BCUT2D eigenvalue weighted by atomic mass is 10.3. The van der Waals surface area contributed by atoms with E-state index in [4.69, 9.17) is 0 Å². The highest BCUT2D eigenvalue weighted by Gasteiger charge is 2.10. The van der Waals surface area contributed by atoms with Crippen molar-refractivity contribution in [1.82, 2.24) is 29.4 Å². The van der Waals surface area contributed by atoms with E-state index in [2.05, 4.69) is 60.7 Å². The number of aromatic nitrogens is 6. The van der Waals surface area contributed by atoms with Gasteiger partial charge in [0.25, 0.3) is 0 Å². The molecule has 0 spiro atoms. The summed E-state index contributed by atoms with van der Waals surface area (Å²) in [5, 5.41) is 20.6. The Morgan fingerprint density at radius 3 is 2.89 bits per heavy atom. The quantitative estimate of drug-likeness (QED) is 0.444. The molecule has 0 fully saturated rings. The third kappa shape index (κ3) is 3.01. The summed E-state index contributed by atoms with van der Waals surface area (Å²) in [6, 6.07) is 14.2. The molecule has 140 valence electrons. The van der Waals surface area contributed by atoms with Crippen molar-refractivity contribution >= 4 is 33.8 Å². The molecule has 4 heterocycles. The fraction of sp³-hybridized carbons (Fsp3) is 0.200. The molecule has 28 heavy (non-hydrogen) atoms. The lowest BCUT2D eigenvalue weighted by molar-refractivity contribution is 0.657. The fourth-order valence-corrected chi connectivity index (χ4v) is 4.02. The van der Waals surface area contributed by atoms with Gasteiger partial charge >= 0.3 is 0 Å². The lowest BCUT2D eigenvalue weighted by Gasteiger charge is -2.09. The van der Waals surface area contributed by atoms with E-state index >= 15 is 0 Å². The number of anilines is 1. The summed E-state index contributed by atoms with van der Waals surface area (Å²) in [5.41, 5.74) is 4.01. The molecule has 0 bridgehead atoms. The van der Waals surface area contributed by atoms with Crippen LogP contribution in [-0.4, -0.2) is 35.9 Å². The van der Waals surface area contributed by atoms with E-state index in [1.54, 1.807) is 15.9 Å². The molecular weight excluding hydrogens is 370 g/mol. The first-order valence-electron chi connectivity index (χ1n) is 9.20. The molecule has 0 atom stereocenters. The van der Waals surface area contributed by atoms with Crippen molar-refractivity contribution in [1.29, 1.82) is 0 Å². The van der Waals surface area contributed by atoms with Gasteiger partial charge in [-0.25, -0.2) is 4.98 Å². The van der Waals surface area contributed by atoms with E-state index in [0.717, 1.165) is 53.7 Å². The van der Waals surface area contributed by atoms with E-state index < -0.39 is 0 Å². The molecule has 1 N–H and O–H groups in total. The molecule has 0 saturated heterocycles. The molecule has 0 aliphatic rings. The number of thiophene rings is 1. The Balaban J connectivity index is 1.28. The average molecular weight is 389 g/mol. The predicted molar refractivity (Wildman–Crippen MR) is 112 cm³/mol. The van der Waals surface area contributed by atoms with Gasteiger partial charge in [-0.1, -0.05) is 12.1 Å². The van der Waals surface area contributed by atoms with Crippen LogP contribution in [-0.2, 0) is 6.54 Å². The highest BCUT2D eigenvalue weighted by molar-refractivity contribution is 7.08. The number of hydrogen-bond donors (Lipinski definition) is 1. The molecule has 0 aliphatic carbocycles. The summed E-state index contributed by atoms with van der Waals surface area (Å²) in [4.78, 5) is 4.63. The highest BCUT2D eigenvalue weighted by Crippen LogP contribution is 2.21. The number of imidazole rings is 1. The smallest absolute Gasteiger partial charge is 0.186 e. The minimum atomic E-state index is 0.743. The largest absolute Gasteiger partial charge is 0.369 e. The van der Waals surface area contributed by atoms with E-state index in [-0.39, 0.29) is 0 Å². The molecule has 1 aromatic carbocycles. The second kappa shape index (κ2) is 7.05. The maximum Gasteiger partial charge on any atom is 0.186 e. The van der Waals surface area contributed by atoms with Crippen molar-refractivity contribution in [3.63, 3.8) is 0 Å². The zero-order valence-corrected chi connectivity index (χ0v) is 16.2. The Morgan fingerprint density at radius 2 is 2.00 bits per heavy atom. The molecule has 8 heteroatoms. The maximum absolute atomic E-state index is 4.66. The predicted octanol–water partition coefficient (Wildman–Crippen LogP) is 4.01. The van der Waals surface area contributed by atoms with Crippen molar-refractivity contribution in [2.75, 3.05) is 11.9 Å². The molecule has 0 saturated carbocycles. The number of nitrogens with one attached hydrogen (secondary N) is 1. The summed E-state index contributed by atoms with van der Waals surface area (Å²) in [6.07, 6.45) is 0.973. The number of hydrogen-bond acceptors (Lipinski definition) is 6. The monoisotopic (exact) mass is 389 g/mol. The third-order valence-corrected chi connectivity index (χ3v) is 5.44. The zero-order valence-electron chi connectivity index (χ0n) is 15.4. The van der Waals surface area contributed by atoms with Gasteiger partial charge in [0, 0.05) is 24.0 Å². The normalized spacial score (nSPS) is 11.5. The van der Waals surface area contributed by atoms with E-state index in [0.29, 0.717) is 0 Å². The van der Waals surface area contributed by atoms with Crippen molar-refractivity contribution in [3.05, 3.63) is 59.0 Å². The zero-order chi connectivity index (χ0) is 18.9. The van der Waals surface area contributed by atoms with Crippen LogP contribution in [0.25, 0.3) is 28.1 Å². The molecule has 0 amide bonds. The second-order valence-electron chi connectivity index (χ2n) is 6.60. The molecular formula is C20H19N7S. The van der Waals surface area contributed by atoms with E-state index in [9.17, 15) is 0 Å². The van der Waals surface area contributed by atoms with Crippen molar-refractivity contribution in [3.8, 4) is 11.4 Å². The number of nitrogens with zero attached hydrogens (tertiary/aromatic N) is 6. The Morgan fingerprint density at radius 1 is 1.07 bits per heavy atom. The van der Waals surface area contributed by atoms with Crippen LogP contribution in [0.3, 0.4) is 0 Å². The van der Waals surface area contributed by atoms with Crippen LogP contribution < -0.4 is 5.32 Å². The van der Waals surface area contributed by atoms with Crippen LogP contribution in [0, 0.1) is 6.92 Å². The van der Waals surface area contributed by atoms with Gasteiger partial charge in [-0.05, 0) is 49.1 Å². The number of fused-ring (bicyclic) bond motifs is 2. The van der Waals surface area contributed by atoms with Crippen LogP contribution >= 0.6 is 11.3 Å². The van der Waals surface area contributed by atoms with E-state index in [1.165, 1.54) is 5.52 Å². The maximum atomic E-state index is 4.66.